The van der Waals surface area contributed by atoms with Crippen LogP contribution in [0.3, 0.4) is 0 Å². The van der Waals surface area contributed by atoms with Crippen molar-refractivity contribution in [1.82, 2.24) is 9.38 Å². The fourth-order valence-corrected chi connectivity index (χ4v) is 4.89. The van der Waals surface area contributed by atoms with Crippen LogP contribution in [0.2, 0.25) is 5.02 Å². The van der Waals surface area contributed by atoms with E-state index in [0.717, 1.165) is 49.2 Å². The van der Waals surface area contributed by atoms with Crippen molar-refractivity contribution >= 4 is 38.1 Å². The van der Waals surface area contributed by atoms with Gasteiger partial charge in [0.1, 0.15) is 11.5 Å². The largest absolute Gasteiger partial charge is 0.497 e. The second-order valence-electron chi connectivity index (χ2n) is 6.57. The summed E-state index contributed by atoms with van der Waals surface area (Å²) in [7, 11) is 3.34. The fraction of sp³-hybridized carbons (Fsp3) is 0.0870. The van der Waals surface area contributed by atoms with Gasteiger partial charge in [-0.2, -0.15) is 0 Å². The molecule has 4 nitrogen and oxygen atoms in total. The lowest BCUT2D eigenvalue weighted by Gasteiger charge is -2.12. The second-order valence-corrected chi connectivity index (χ2v) is 8.02. The summed E-state index contributed by atoms with van der Waals surface area (Å²) in [4.78, 5) is 5.90. The topological polar surface area (TPSA) is 35.8 Å². The molecular weight excluding hydrogens is 404 g/mol. The van der Waals surface area contributed by atoms with Crippen LogP contribution in [-0.4, -0.2) is 23.6 Å². The van der Waals surface area contributed by atoms with Gasteiger partial charge in [-0.25, -0.2) is 4.98 Å². The molecule has 0 aliphatic heterocycles. The molecule has 0 radical (unpaired) electrons. The van der Waals surface area contributed by atoms with Crippen molar-refractivity contribution in [1.29, 1.82) is 0 Å². The van der Waals surface area contributed by atoms with E-state index in [2.05, 4.69) is 16.5 Å². The number of aromatic nitrogens is 2. The number of hydrogen-bond acceptors (Lipinski definition) is 4. The lowest BCUT2D eigenvalue weighted by Crippen LogP contribution is -1.95. The third-order valence-corrected chi connectivity index (χ3v) is 6.16. The highest BCUT2D eigenvalue weighted by atomic mass is 35.5. The summed E-state index contributed by atoms with van der Waals surface area (Å²) in [6.07, 6.45) is 0. The first-order valence-electron chi connectivity index (χ1n) is 9.08. The van der Waals surface area contributed by atoms with Crippen LogP contribution in [0.1, 0.15) is 0 Å². The Labute approximate surface area is 176 Å². The zero-order valence-electron chi connectivity index (χ0n) is 15.8. The smallest absolute Gasteiger partial charge is 0.195 e. The molecule has 2 heterocycles. The second kappa shape index (κ2) is 7.10. The SMILES string of the molecule is COc1ccc(OC)c(-c2c(-c3ccccc3)nc3sc4cc(Cl)ccc4n23)c1. The summed E-state index contributed by atoms with van der Waals surface area (Å²) in [5.41, 5.74) is 4.90. The monoisotopic (exact) mass is 420 g/mol. The molecule has 0 saturated heterocycles. The quantitative estimate of drug-likeness (QED) is 0.330. The van der Waals surface area contributed by atoms with Crippen molar-refractivity contribution in [2.75, 3.05) is 14.2 Å². The molecule has 3 aromatic carbocycles. The van der Waals surface area contributed by atoms with E-state index in [1.54, 1.807) is 25.6 Å². The first-order chi connectivity index (χ1) is 14.2. The zero-order valence-corrected chi connectivity index (χ0v) is 17.4. The Hall–Kier alpha value is -3.02. The normalized spacial score (nSPS) is 11.3. The van der Waals surface area contributed by atoms with Gasteiger partial charge in [0.25, 0.3) is 0 Å². The summed E-state index contributed by atoms with van der Waals surface area (Å²) < 4.78 is 14.5. The Morgan fingerprint density at radius 1 is 0.931 bits per heavy atom. The van der Waals surface area contributed by atoms with E-state index in [1.807, 2.05) is 54.6 Å². The molecule has 2 aromatic heterocycles. The van der Waals surface area contributed by atoms with Gasteiger partial charge in [-0.15, -0.1) is 0 Å². The third kappa shape index (κ3) is 2.94. The van der Waals surface area contributed by atoms with Crippen LogP contribution in [-0.2, 0) is 0 Å². The maximum atomic E-state index is 6.22. The first kappa shape index (κ1) is 18.0. The molecule has 0 atom stereocenters. The predicted molar refractivity (Wildman–Crippen MR) is 120 cm³/mol. The number of methoxy groups -OCH3 is 2. The van der Waals surface area contributed by atoms with Crippen LogP contribution in [0.15, 0.2) is 66.7 Å². The number of fused-ring (bicyclic) bond motifs is 3. The number of halogens is 1. The van der Waals surface area contributed by atoms with Gasteiger partial charge in [-0.3, -0.25) is 4.40 Å². The Balaban J connectivity index is 1.92. The minimum Gasteiger partial charge on any atom is -0.497 e. The molecule has 0 aliphatic rings. The van der Waals surface area contributed by atoms with E-state index in [-0.39, 0.29) is 0 Å². The molecule has 0 amide bonds. The molecule has 0 aliphatic carbocycles. The van der Waals surface area contributed by atoms with Crippen LogP contribution < -0.4 is 9.47 Å². The number of imidazole rings is 1. The minimum absolute atomic E-state index is 0.714. The predicted octanol–water partition coefficient (Wildman–Crippen LogP) is 6.55. The average molecular weight is 421 g/mol. The highest BCUT2D eigenvalue weighted by molar-refractivity contribution is 7.23. The maximum absolute atomic E-state index is 6.22. The Bertz CT molecular complexity index is 1340. The average Bonchev–Trinajstić information content (AvgIpc) is 3.29. The summed E-state index contributed by atoms with van der Waals surface area (Å²) in [6, 6.07) is 21.9. The molecule has 29 heavy (non-hydrogen) atoms. The Morgan fingerprint density at radius 3 is 2.52 bits per heavy atom. The summed E-state index contributed by atoms with van der Waals surface area (Å²) in [5, 5.41) is 0.714. The van der Waals surface area contributed by atoms with Gasteiger partial charge in [0.05, 0.1) is 35.8 Å². The molecule has 6 heteroatoms. The molecule has 0 N–H and O–H groups in total. The van der Waals surface area contributed by atoms with Gasteiger partial charge < -0.3 is 9.47 Å². The standard InChI is InChI=1S/C23H17ClN2O2S/c1-27-16-9-11-19(28-2)17(13-16)22-21(14-6-4-3-5-7-14)25-23-26(22)18-10-8-15(24)12-20(18)29-23/h3-13H,1-2H3. The molecule has 0 unspecified atom stereocenters. The molecule has 5 aromatic rings. The Morgan fingerprint density at radius 2 is 1.76 bits per heavy atom. The molecule has 0 saturated carbocycles. The lowest BCUT2D eigenvalue weighted by atomic mass is 10.0. The number of thiazole rings is 1. The van der Waals surface area contributed by atoms with Crippen molar-refractivity contribution in [3.8, 4) is 34.0 Å². The van der Waals surface area contributed by atoms with Crippen LogP contribution in [0.4, 0.5) is 0 Å². The molecule has 5 rings (SSSR count). The van der Waals surface area contributed by atoms with Crippen LogP contribution in [0.25, 0.3) is 37.7 Å². The number of rotatable bonds is 4. The zero-order chi connectivity index (χ0) is 20.0. The van der Waals surface area contributed by atoms with Gasteiger partial charge >= 0.3 is 0 Å². The van der Waals surface area contributed by atoms with Crippen molar-refractivity contribution in [2.45, 2.75) is 0 Å². The van der Waals surface area contributed by atoms with Crippen molar-refractivity contribution in [3.63, 3.8) is 0 Å². The van der Waals surface area contributed by atoms with Crippen molar-refractivity contribution in [2.24, 2.45) is 0 Å². The van der Waals surface area contributed by atoms with E-state index >= 15 is 0 Å². The van der Waals surface area contributed by atoms with Crippen LogP contribution >= 0.6 is 22.9 Å². The Kier molecular flexibility index (Phi) is 4.42. The highest BCUT2D eigenvalue weighted by Gasteiger charge is 2.22. The van der Waals surface area contributed by atoms with Crippen molar-refractivity contribution < 1.29 is 9.47 Å². The third-order valence-electron chi connectivity index (χ3n) is 4.92. The number of hydrogen-bond donors (Lipinski definition) is 0. The van der Waals surface area contributed by atoms with Crippen LogP contribution in [0.5, 0.6) is 11.5 Å². The van der Waals surface area contributed by atoms with Gasteiger partial charge in [0.2, 0.25) is 0 Å². The molecular formula is C23H17ClN2O2S. The van der Waals surface area contributed by atoms with Crippen LogP contribution in [0, 0.1) is 0 Å². The van der Waals surface area contributed by atoms with Crippen molar-refractivity contribution in [3.05, 3.63) is 71.8 Å². The van der Waals surface area contributed by atoms with E-state index in [9.17, 15) is 0 Å². The molecule has 0 spiro atoms. The van der Waals surface area contributed by atoms with Gasteiger partial charge in [0.15, 0.2) is 4.96 Å². The highest BCUT2D eigenvalue weighted by Crippen LogP contribution is 2.43. The van der Waals surface area contributed by atoms with E-state index in [1.165, 1.54) is 0 Å². The molecule has 0 fully saturated rings. The number of nitrogens with zero attached hydrogens (tertiary/aromatic N) is 2. The van der Waals surface area contributed by atoms with E-state index in [0.29, 0.717) is 5.02 Å². The van der Waals surface area contributed by atoms with Gasteiger partial charge in [0, 0.05) is 16.1 Å². The van der Waals surface area contributed by atoms with E-state index < -0.39 is 0 Å². The number of benzene rings is 3. The molecule has 144 valence electrons. The fourth-order valence-electron chi connectivity index (χ4n) is 3.59. The number of ether oxygens (including phenoxy) is 2. The maximum Gasteiger partial charge on any atom is 0.195 e. The summed E-state index contributed by atoms with van der Waals surface area (Å²) in [6.45, 7) is 0. The summed E-state index contributed by atoms with van der Waals surface area (Å²) >= 11 is 7.84. The first-order valence-corrected chi connectivity index (χ1v) is 10.3. The molecule has 0 bridgehead atoms. The van der Waals surface area contributed by atoms with Gasteiger partial charge in [-0.1, -0.05) is 53.3 Å². The minimum atomic E-state index is 0.714. The summed E-state index contributed by atoms with van der Waals surface area (Å²) in [5.74, 6) is 1.52. The van der Waals surface area contributed by atoms with Gasteiger partial charge in [-0.05, 0) is 36.4 Å². The lowest BCUT2D eigenvalue weighted by molar-refractivity contribution is 0.404. The van der Waals surface area contributed by atoms with E-state index in [4.69, 9.17) is 26.1 Å².